The molecule has 1 nitrogen and oxygen atoms in total. The van der Waals surface area contributed by atoms with Crippen molar-refractivity contribution in [1.82, 2.24) is 0 Å². The van der Waals surface area contributed by atoms with Gasteiger partial charge >= 0.3 is 0 Å². The molecule has 0 saturated heterocycles. The highest BCUT2D eigenvalue weighted by Crippen LogP contribution is 2.00. The van der Waals surface area contributed by atoms with Crippen molar-refractivity contribution in [3.8, 4) is 0 Å². The fourth-order valence-corrected chi connectivity index (χ4v) is 0.893. The van der Waals surface area contributed by atoms with E-state index in [0.29, 0.717) is 12.5 Å². The highest BCUT2D eigenvalue weighted by molar-refractivity contribution is 6.17. The second-order valence-electron chi connectivity index (χ2n) is 2.27. The molecule has 0 spiro atoms. The Hall–Kier alpha value is -0.950. The van der Waals surface area contributed by atoms with E-state index in [4.69, 9.17) is 16.3 Å². The van der Waals surface area contributed by atoms with Gasteiger partial charge in [-0.15, -0.1) is 11.6 Å². The smallest absolute Gasteiger partial charge is 0.101 e. The maximum Gasteiger partial charge on any atom is 0.101 e. The lowest BCUT2D eigenvalue weighted by atomic mass is 10.2. The van der Waals surface area contributed by atoms with Crippen molar-refractivity contribution in [3.05, 3.63) is 42.2 Å². The van der Waals surface area contributed by atoms with Crippen LogP contribution in [0, 0.1) is 0 Å². The molecular formula is C10H11ClO. The number of ether oxygens (including phenoxy) is 1. The maximum atomic E-state index is 5.42. The first-order valence-corrected chi connectivity index (χ1v) is 4.36. The Balaban J connectivity index is 2.36. The van der Waals surface area contributed by atoms with Gasteiger partial charge in [0, 0.05) is 0 Å². The molecule has 1 rings (SSSR count). The number of rotatable bonds is 4. The van der Waals surface area contributed by atoms with Gasteiger partial charge in [0.2, 0.25) is 0 Å². The first-order valence-electron chi connectivity index (χ1n) is 3.82. The second-order valence-corrected chi connectivity index (χ2v) is 2.65. The third-order valence-electron chi connectivity index (χ3n) is 1.35. The van der Waals surface area contributed by atoms with Crippen LogP contribution >= 0.6 is 11.6 Å². The zero-order valence-corrected chi connectivity index (χ0v) is 7.50. The van der Waals surface area contributed by atoms with Crippen molar-refractivity contribution in [3.63, 3.8) is 0 Å². The number of alkyl halides is 1. The summed E-state index contributed by atoms with van der Waals surface area (Å²) in [6.45, 7) is 0.560. The van der Waals surface area contributed by atoms with Crippen LogP contribution in [0.4, 0.5) is 0 Å². The number of hydrogen-bond donors (Lipinski definition) is 0. The Bertz CT molecular complexity index is 231. The van der Waals surface area contributed by atoms with Gasteiger partial charge in [-0.2, -0.15) is 0 Å². The minimum atomic E-state index is 0.527. The van der Waals surface area contributed by atoms with Crippen LogP contribution in [0.15, 0.2) is 36.6 Å². The van der Waals surface area contributed by atoms with E-state index in [1.54, 1.807) is 6.26 Å². The first kappa shape index (κ1) is 9.14. The summed E-state index contributed by atoms with van der Waals surface area (Å²) in [4.78, 5) is 0. The lowest BCUT2D eigenvalue weighted by Gasteiger charge is -1.94. The predicted molar refractivity (Wildman–Crippen MR) is 52.1 cm³/mol. The highest BCUT2D eigenvalue weighted by atomic mass is 35.5. The molecule has 0 aromatic heterocycles. The van der Waals surface area contributed by atoms with Crippen molar-refractivity contribution < 1.29 is 4.74 Å². The van der Waals surface area contributed by atoms with Gasteiger partial charge in [0.15, 0.2) is 0 Å². The number of benzene rings is 1. The molecule has 0 amide bonds. The lowest BCUT2D eigenvalue weighted by Crippen LogP contribution is -1.86. The summed E-state index contributed by atoms with van der Waals surface area (Å²) in [5.41, 5.74) is 1.13. The van der Waals surface area contributed by atoms with Crippen LogP contribution in [0.25, 0.3) is 6.08 Å². The van der Waals surface area contributed by atoms with E-state index in [-0.39, 0.29) is 0 Å². The molecular weight excluding hydrogens is 172 g/mol. The summed E-state index contributed by atoms with van der Waals surface area (Å²) in [6, 6.07) is 9.99. The van der Waals surface area contributed by atoms with Crippen LogP contribution in [0.2, 0.25) is 0 Å². The van der Waals surface area contributed by atoms with Crippen molar-refractivity contribution in [2.45, 2.75) is 0 Å². The summed E-state index contributed by atoms with van der Waals surface area (Å²) >= 11 is 5.42. The van der Waals surface area contributed by atoms with Crippen LogP contribution in [0.5, 0.6) is 0 Å². The largest absolute Gasteiger partial charge is 0.500 e. The van der Waals surface area contributed by atoms with Crippen LogP contribution in [0.3, 0.4) is 0 Å². The zero-order chi connectivity index (χ0) is 8.65. The molecule has 0 fully saturated rings. The fourth-order valence-electron chi connectivity index (χ4n) is 0.803. The van der Waals surface area contributed by atoms with E-state index < -0.39 is 0 Å². The molecule has 0 N–H and O–H groups in total. The van der Waals surface area contributed by atoms with Crippen molar-refractivity contribution in [2.75, 3.05) is 12.5 Å². The molecule has 0 aliphatic carbocycles. The maximum absolute atomic E-state index is 5.42. The summed E-state index contributed by atoms with van der Waals surface area (Å²) in [5.74, 6) is 0.527. The molecule has 64 valence electrons. The topological polar surface area (TPSA) is 9.23 Å². The average Bonchev–Trinajstić information content (AvgIpc) is 2.14. The van der Waals surface area contributed by atoms with Gasteiger partial charge in [0.05, 0.1) is 12.1 Å². The standard InChI is InChI=1S/C10H11ClO/c11-7-9-12-8-6-10-4-2-1-3-5-10/h1-6,8H,7,9H2. The van der Waals surface area contributed by atoms with Gasteiger partial charge in [-0.1, -0.05) is 30.3 Å². The summed E-state index contributed by atoms with van der Waals surface area (Å²) in [5, 5.41) is 0. The summed E-state index contributed by atoms with van der Waals surface area (Å²) < 4.78 is 5.07. The van der Waals surface area contributed by atoms with Crippen LogP contribution in [-0.2, 0) is 4.74 Å². The molecule has 2 heteroatoms. The van der Waals surface area contributed by atoms with E-state index in [1.165, 1.54) is 0 Å². The van der Waals surface area contributed by atoms with Gasteiger partial charge in [-0.3, -0.25) is 0 Å². The van der Waals surface area contributed by atoms with Gasteiger partial charge in [-0.05, 0) is 11.6 Å². The van der Waals surface area contributed by atoms with Gasteiger partial charge in [0.25, 0.3) is 0 Å². The SMILES string of the molecule is ClCCOC=Cc1ccccc1. The Labute approximate surface area is 77.6 Å². The van der Waals surface area contributed by atoms with Crippen LogP contribution < -0.4 is 0 Å². The van der Waals surface area contributed by atoms with Gasteiger partial charge in [-0.25, -0.2) is 0 Å². The zero-order valence-electron chi connectivity index (χ0n) is 6.74. The summed E-state index contributed by atoms with van der Waals surface area (Å²) in [6.07, 6.45) is 3.57. The third kappa shape index (κ3) is 3.44. The Morgan fingerprint density at radius 1 is 1.25 bits per heavy atom. The van der Waals surface area contributed by atoms with Crippen LogP contribution in [-0.4, -0.2) is 12.5 Å². The second kappa shape index (κ2) is 5.67. The predicted octanol–water partition coefficient (Wildman–Crippen LogP) is 2.91. The highest BCUT2D eigenvalue weighted by Gasteiger charge is 1.82. The minimum absolute atomic E-state index is 0.527. The molecule has 0 saturated carbocycles. The molecule has 0 heterocycles. The van der Waals surface area contributed by atoms with Crippen molar-refractivity contribution in [2.24, 2.45) is 0 Å². The molecule has 0 unspecified atom stereocenters. The molecule has 12 heavy (non-hydrogen) atoms. The molecule has 0 radical (unpaired) electrons. The quantitative estimate of drug-likeness (QED) is 0.395. The Morgan fingerprint density at radius 3 is 2.67 bits per heavy atom. The molecule has 1 aromatic rings. The molecule has 0 bridgehead atoms. The monoisotopic (exact) mass is 182 g/mol. The average molecular weight is 183 g/mol. The van der Waals surface area contributed by atoms with Gasteiger partial charge in [0.1, 0.15) is 6.61 Å². The van der Waals surface area contributed by atoms with E-state index in [0.717, 1.165) is 5.56 Å². The Kier molecular flexibility index (Phi) is 4.32. The first-order chi connectivity index (χ1) is 5.93. The minimum Gasteiger partial charge on any atom is -0.500 e. The van der Waals surface area contributed by atoms with E-state index in [9.17, 15) is 0 Å². The normalized spacial score (nSPS) is 10.4. The van der Waals surface area contributed by atoms with E-state index >= 15 is 0 Å². The molecule has 0 atom stereocenters. The molecule has 1 aromatic carbocycles. The molecule has 0 aliphatic heterocycles. The third-order valence-corrected chi connectivity index (χ3v) is 1.51. The summed E-state index contributed by atoms with van der Waals surface area (Å²) in [7, 11) is 0. The van der Waals surface area contributed by atoms with Crippen molar-refractivity contribution in [1.29, 1.82) is 0 Å². The van der Waals surface area contributed by atoms with Crippen LogP contribution in [0.1, 0.15) is 5.56 Å². The van der Waals surface area contributed by atoms with E-state index in [2.05, 4.69) is 0 Å². The Morgan fingerprint density at radius 2 is 2.00 bits per heavy atom. The molecule has 0 aliphatic rings. The lowest BCUT2D eigenvalue weighted by molar-refractivity contribution is 0.274. The number of hydrogen-bond acceptors (Lipinski definition) is 1. The number of halogens is 1. The van der Waals surface area contributed by atoms with E-state index in [1.807, 2.05) is 36.4 Å². The van der Waals surface area contributed by atoms with Crippen molar-refractivity contribution >= 4 is 17.7 Å². The fraction of sp³-hybridized carbons (Fsp3) is 0.200. The van der Waals surface area contributed by atoms with Gasteiger partial charge < -0.3 is 4.74 Å².